The highest BCUT2D eigenvalue weighted by Crippen LogP contribution is 2.38. The molecule has 0 atom stereocenters. The van der Waals surface area contributed by atoms with Crippen molar-refractivity contribution in [3.8, 4) is 0 Å². The Hall–Kier alpha value is -2.15. The Morgan fingerprint density at radius 3 is 2.75 bits per heavy atom. The lowest BCUT2D eigenvalue weighted by Crippen LogP contribution is -2.32. The fourth-order valence-electron chi connectivity index (χ4n) is 2.90. The number of aromatic nitrogens is 2. The van der Waals surface area contributed by atoms with E-state index in [1.165, 1.54) is 10.9 Å². The Bertz CT molecular complexity index is 867. The van der Waals surface area contributed by atoms with E-state index in [0.29, 0.717) is 5.69 Å². The van der Waals surface area contributed by atoms with Crippen LogP contribution in [-0.2, 0) is 28.3 Å². The number of amides is 1. The first-order valence-electron chi connectivity index (χ1n) is 8.00. The lowest BCUT2D eigenvalue weighted by atomic mass is 9.83. The number of nitrogens with one attached hydrogen (secondary N) is 1. The summed E-state index contributed by atoms with van der Waals surface area (Å²) >= 11 is 0. The average Bonchev–Trinajstić information content (AvgIpc) is 2.78. The molecule has 1 N–H and O–H groups in total. The summed E-state index contributed by atoms with van der Waals surface area (Å²) in [5, 5.41) is 4.29. The van der Waals surface area contributed by atoms with E-state index >= 15 is 0 Å². The van der Waals surface area contributed by atoms with Crippen molar-refractivity contribution in [1.29, 1.82) is 0 Å². The summed E-state index contributed by atoms with van der Waals surface area (Å²) in [5.41, 5.74) is 2.38. The summed E-state index contributed by atoms with van der Waals surface area (Å²) in [5.74, 6) is -0.367. The first-order valence-corrected chi connectivity index (χ1v) is 9.48. The number of hydrogen-bond donors (Lipinski definition) is 1. The topological polar surface area (TPSA) is 81.1 Å². The molecule has 24 heavy (non-hydrogen) atoms. The van der Waals surface area contributed by atoms with Crippen molar-refractivity contribution >= 4 is 15.9 Å². The molecule has 1 amide bonds. The van der Waals surface area contributed by atoms with Gasteiger partial charge in [0.15, 0.2) is 0 Å². The molecule has 0 saturated heterocycles. The predicted octanol–water partition coefficient (Wildman–Crippen LogP) is 2.04. The highest BCUT2D eigenvalue weighted by molar-refractivity contribution is 7.90. The zero-order valence-corrected chi connectivity index (χ0v) is 14.6. The van der Waals surface area contributed by atoms with Gasteiger partial charge < -0.3 is 0 Å². The molecule has 1 aliphatic carbocycles. The third-order valence-electron chi connectivity index (χ3n) is 4.30. The lowest BCUT2D eigenvalue weighted by molar-refractivity contribution is -0.118. The second-order valence-corrected chi connectivity index (χ2v) is 8.03. The molecule has 0 radical (unpaired) electrons. The van der Waals surface area contributed by atoms with Gasteiger partial charge in [-0.1, -0.05) is 36.2 Å². The Morgan fingerprint density at radius 2 is 2.12 bits per heavy atom. The van der Waals surface area contributed by atoms with Crippen molar-refractivity contribution in [3.63, 3.8) is 0 Å². The summed E-state index contributed by atoms with van der Waals surface area (Å²) < 4.78 is 28.9. The molecule has 0 bridgehead atoms. The van der Waals surface area contributed by atoms with Gasteiger partial charge in [-0.05, 0) is 25.3 Å². The van der Waals surface area contributed by atoms with E-state index in [-0.39, 0.29) is 17.2 Å². The molecule has 128 valence electrons. The number of carbonyl (C=O) groups is 1. The van der Waals surface area contributed by atoms with Crippen LogP contribution in [0.15, 0.2) is 35.4 Å². The first-order chi connectivity index (χ1) is 11.3. The van der Waals surface area contributed by atoms with E-state index < -0.39 is 15.9 Å². The second kappa shape index (κ2) is 6.39. The Morgan fingerprint density at radius 1 is 1.38 bits per heavy atom. The molecule has 0 unspecified atom stereocenters. The second-order valence-electron chi connectivity index (χ2n) is 6.37. The summed E-state index contributed by atoms with van der Waals surface area (Å²) in [4.78, 5) is 12.3. The maximum Gasteiger partial charge on any atom is 0.267 e. The summed E-state index contributed by atoms with van der Waals surface area (Å²) in [7, 11) is -2.21. The average molecular weight is 347 g/mol. The molecule has 1 heterocycles. The fourth-order valence-corrected chi connectivity index (χ4v) is 4.16. The Kier molecular flexibility index (Phi) is 4.45. The van der Waals surface area contributed by atoms with Crippen molar-refractivity contribution in [2.24, 2.45) is 7.05 Å². The monoisotopic (exact) mass is 347 g/mol. The summed E-state index contributed by atoms with van der Waals surface area (Å²) in [6, 6.07) is 7.46. The van der Waals surface area contributed by atoms with Crippen LogP contribution in [0.5, 0.6) is 0 Å². The molecule has 0 aliphatic heterocycles. The number of sulfonamides is 1. The number of benzene rings is 1. The smallest absolute Gasteiger partial charge is 0.267 e. The molecular weight excluding hydrogens is 326 g/mol. The van der Waals surface area contributed by atoms with E-state index in [1.54, 1.807) is 7.05 Å². The molecule has 1 fully saturated rings. The van der Waals surface area contributed by atoms with Crippen LogP contribution in [0.3, 0.4) is 0 Å². The number of carbonyl (C=O) groups excluding carboxylic acids is 1. The normalized spacial score (nSPS) is 15.1. The highest BCUT2D eigenvalue weighted by atomic mass is 32.2. The van der Waals surface area contributed by atoms with Crippen LogP contribution >= 0.6 is 0 Å². The van der Waals surface area contributed by atoms with Crippen LogP contribution in [0.2, 0.25) is 0 Å². The fraction of sp³-hybridized carbons (Fsp3) is 0.412. The van der Waals surface area contributed by atoms with Gasteiger partial charge in [-0.25, -0.2) is 13.1 Å². The van der Waals surface area contributed by atoms with E-state index in [4.69, 9.17) is 0 Å². The van der Waals surface area contributed by atoms with Crippen LogP contribution in [0.25, 0.3) is 0 Å². The molecule has 2 aromatic rings. The van der Waals surface area contributed by atoms with Crippen LogP contribution in [-0.4, -0.2) is 24.1 Å². The largest absolute Gasteiger partial charge is 0.274 e. The van der Waals surface area contributed by atoms with Crippen LogP contribution in [0.4, 0.5) is 0 Å². The minimum absolute atomic E-state index is 0.0277. The zero-order chi connectivity index (χ0) is 17.3. The summed E-state index contributed by atoms with van der Waals surface area (Å²) in [6.45, 7) is 1.93. The van der Waals surface area contributed by atoms with E-state index in [2.05, 4.69) is 9.82 Å². The van der Waals surface area contributed by atoms with E-state index in [9.17, 15) is 13.2 Å². The number of aryl methyl sites for hydroxylation is 2. The van der Waals surface area contributed by atoms with Gasteiger partial charge in [-0.2, -0.15) is 5.10 Å². The van der Waals surface area contributed by atoms with Gasteiger partial charge in [0.25, 0.3) is 10.0 Å². The molecule has 1 aliphatic rings. The van der Waals surface area contributed by atoms with Gasteiger partial charge in [0.2, 0.25) is 5.91 Å². The minimum Gasteiger partial charge on any atom is -0.274 e. The Balaban J connectivity index is 1.77. The maximum atomic E-state index is 12.6. The van der Waals surface area contributed by atoms with Crippen molar-refractivity contribution in [2.75, 3.05) is 0 Å². The molecule has 0 spiro atoms. The SMILES string of the molecule is Cc1cccc(CC(=O)NS(=O)(=O)c2cn(C)nc2C2CCC2)c1. The number of hydrogen-bond acceptors (Lipinski definition) is 4. The van der Waals surface area contributed by atoms with Crippen molar-refractivity contribution in [2.45, 2.75) is 43.4 Å². The number of rotatable bonds is 5. The molecule has 3 rings (SSSR count). The van der Waals surface area contributed by atoms with Crippen LogP contribution in [0.1, 0.15) is 42.0 Å². The molecule has 6 nitrogen and oxygen atoms in total. The minimum atomic E-state index is -3.90. The third kappa shape index (κ3) is 3.51. The van der Waals surface area contributed by atoms with Crippen LogP contribution < -0.4 is 4.72 Å². The van der Waals surface area contributed by atoms with Gasteiger partial charge in [-0.3, -0.25) is 9.48 Å². The standard InChI is InChI=1S/C17H21N3O3S/c1-12-5-3-6-13(9-12)10-16(21)19-24(22,23)15-11-20(2)18-17(15)14-7-4-8-14/h3,5-6,9,11,14H,4,7-8,10H2,1-2H3,(H,19,21). The molecule has 1 aromatic carbocycles. The number of nitrogens with zero attached hydrogens (tertiary/aromatic N) is 2. The van der Waals surface area contributed by atoms with Crippen molar-refractivity contribution in [1.82, 2.24) is 14.5 Å². The maximum absolute atomic E-state index is 12.6. The Labute approximate surface area is 141 Å². The molecule has 7 heteroatoms. The van der Waals surface area contributed by atoms with E-state index in [1.807, 2.05) is 31.2 Å². The van der Waals surface area contributed by atoms with Crippen LogP contribution in [0, 0.1) is 6.92 Å². The van der Waals surface area contributed by atoms with E-state index in [0.717, 1.165) is 30.4 Å². The molecular formula is C17H21N3O3S. The first kappa shape index (κ1) is 16.7. The molecule has 1 aromatic heterocycles. The highest BCUT2D eigenvalue weighted by Gasteiger charge is 2.31. The molecule has 1 saturated carbocycles. The van der Waals surface area contributed by atoms with Gasteiger partial charge in [0.05, 0.1) is 12.1 Å². The van der Waals surface area contributed by atoms with Gasteiger partial charge >= 0.3 is 0 Å². The quantitative estimate of drug-likeness (QED) is 0.897. The van der Waals surface area contributed by atoms with Gasteiger partial charge in [0, 0.05) is 19.2 Å². The van der Waals surface area contributed by atoms with Gasteiger partial charge in [-0.15, -0.1) is 0 Å². The van der Waals surface area contributed by atoms with Crippen molar-refractivity contribution < 1.29 is 13.2 Å². The predicted molar refractivity (Wildman–Crippen MR) is 90.0 cm³/mol. The van der Waals surface area contributed by atoms with Crippen molar-refractivity contribution in [3.05, 3.63) is 47.3 Å². The zero-order valence-electron chi connectivity index (χ0n) is 13.8. The summed E-state index contributed by atoms with van der Waals surface area (Å²) in [6.07, 6.45) is 4.46. The lowest BCUT2D eigenvalue weighted by Gasteiger charge is -2.24. The van der Waals surface area contributed by atoms with Gasteiger partial charge in [0.1, 0.15) is 4.90 Å². The third-order valence-corrected chi connectivity index (χ3v) is 5.69.